The summed E-state index contributed by atoms with van der Waals surface area (Å²) in [6, 6.07) is 22.0. The predicted octanol–water partition coefficient (Wildman–Crippen LogP) is 5.99. The van der Waals surface area contributed by atoms with Crippen LogP contribution in [0.5, 0.6) is 11.5 Å². The van der Waals surface area contributed by atoms with Gasteiger partial charge in [0.25, 0.3) is 0 Å². The van der Waals surface area contributed by atoms with Gasteiger partial charge in [0, 0.05) is 23.3 Å². The van der Waals surface area contributed by atoms with Crippen LogP contribution in [0, 0.1) is 6.92 Å². The lowest BCUT2D eigenvalue weighted by molar-refractivity contribution is -0.116. The first kappa shape index (κ1) is 21.1. The van der Waals surface area contributed by atoms with Gasteiger partial charge < -0.3 is 20.1 Å². The van der Waals surface area contributed by atoms with Gasteiger partial charge in [-0.15, -0.1) is 0 Å². The van der Waals surface area contributed by atoms with Gasteiger partial charge in [0.15, 0.2) is 17.3 Å². The standard InChI is InChI=1S/C28H28N2O3/c1-17-11-13-18(14-12-17)19-15-23-26(24(31)16-19)27(30-22-9-5-4-8-21(22)29-23)20-7-6-10-25(32-2)28(20)33-3/h4-14,19,27,29-30H,15-16H2,1-3H3/t19-,27-/m0/s1. The number of hydrogen-bond acceptors (Lipinski definition) is 5. The van der Waals surface area contributed by atoms with Gasteiger partial charge in [-0.3, -0.25) is 4.79 Å². The molecule has 5 nitrogen and oxygen atoms in total. The average Bonchev–Trinajstić information content (AvgIpc) is 3.00. The summed E-state index contributed by atoms with van der Waals surface area (Å²) < 4.78 is 11.3. The molecule has 1 heterocycles. The number of fused-ring (bicyclic) bond motifs is 1. The first-order valence-electron chi connectivity index (χ1n) is 11.2. The summed E-state index contributed by atoms with van der Waals surface area (Å²) in [6.45, 7) is 2.08. The van der Waals surface area contributed by atoms with Gasteiger partial charge in [0.2, 0.25) is 0 Å². The molecule has 168 valence electrons. The Hall–Kier alpha value is -3.73. The molecule has 0 fully saturated rings. The molecule has 0 bridgehead atoms. The molecule has 0 amide bonds. The van der Waals surface area contributed by atoms with Crippen LogP contribution in [0.25, 0.3) is 0 Å². The molecule has 1 aliphatic heterocycles. The quantitative estimate of drug-likeness (QED) is 0.522. The SMILES string of the molecule is COc1cccc([C@@H]2Nc3ccccc3NC3=C2C(=O)C[C@@H](c2ccc(C)cc2)C3)c1OC. The third-order valence-electron chi connectivity index (χ3n) is 6.60. The van der Waals surface area contributed by atoms with Crippen molar-refractivity contribution in [1.82, 2.24) is 0 Å². The highest BCUT2D eigenvalue weighted by molar-refractivity contribution is 6.01. The van der Waals surface area contributed by atoms with E-state index in [-0.39, 0.29) is 17.7 Å². The fourth-order valence-corrected chi connectivity index (χ4v) is 4.94. The Morgan fingerprint density at radius 2 is 1.61 bits per heavy atom. The minimum Gasteiger partial charge on any atom is -0.493 e. The summed E-state index contributed by atoms with van der Waals surface area (Å²) in [7, 11) is 3.26. The zero-order valence-electron chi connectivity index (χ0n) is 19.1. The number of rotatable bonds is 4. The molecular formula is C28H28N2O3. The summed E-state index contributed by atoms with van der Waals surface area (Å²) in [4.78, 5) is 13.7. The van der Waals surface area contributed by atoms with E-state index >= 15 is 0 Å². The van der Waals surface area contributed by atoms with Crippen molar-refractivity contribution in [2.24, 2.45) is 0 Å². The summed E-state index contributed by atoms with van der Waals surface area (Å²) in [6.07, 6.45) is 1.24. The van der Waals surface area contributed by atoms with Crippen molar-refractivity contribution >= 4 is 17.2 Å². The molecule has 2 atom stereocenters. The first-order valence-corrected chi connectivity index (χ1v) is 11.2. The van der Waals surface area contributed by atoms with Crippen molar-refractivity contribution in [3.63, 3.8) is 0 Å². The van der Waals surface area contributed by atoms with E-state index in [0.717, 1.165) is 34.6 Å². The number of ether oxygens (including phenoxy) is 2. The van der Waals surface area contributed by atoms with E-state index in [0.29, 0.717) is 17.9 Å². The van der Waals surface area contributed by atoms with E-state index < -0.39 is 0 Å². The fraction of sp³-hybridized carbons (Fsp3) is 0.250. The Bertz CT molecular complexity index is 1230. The average molecular weight is 441 g/mol. The maximum atomic E-state index is 13.7. The Kier molecular flexibility index (Phi) is 5.55. The third-order valence-corrected chi connectivity index (χ3v) is 6.60. The molecule has 2 aliphatic rings. The number of anilines is 2. The lowest BCUT2D eigenvalue weighted by Gasteiger charge is -2.30. The monoisotopic (exact) mass is 440 g/mol. The number of para-hydroxylation sites is 3. The van der Waals surface area contributed by atoms with Gasteiger partial charge in [-0.05, 0) is 43.0 Å². The Labute approximate surface area is 194 Å². The van der Waals surface area contributed by atoms with Crippen LogP contribution >= 0.6 is 0 Å². The van der Waals surface area contributed by atoms with Crippen molar-refractivity contribution in [2.45, 2.75) is 31.7 Å². The smallest absolute Gasteiger partial charge is 0.166 e. The molecule has 3 aromatic carbocycles. The number of allylic oxidation sites excluding steroid dienone is 1. The van der Waals surface area contributed by atoms with Gasteiger partial charge in [0.05, 0.1) is 31.6 Å². The second-order valence-electron chi connectivity index (χ2n) is 8.66. The van der Waals surface area contributed by atoms with Gasteiger partial charge in [-0.25, -0.2) is 0 Å². The predicted molar refractivity (Wildman–Crippen MR) is 131 cm³/mol. The van der Waals surface area contributed by atoms with Gasteiger partial charge >= 0.3 is 0 Å². The molecule has 1 aliphatic carbocycles. The molecule has 3 aromatic rings. The Morgan fingerprint density at radius 1 is 0.848 bits per heavy atom. The lowest BCUT2D eigenvalue weighted by Crippen LogP contribution is -2.27. The topological polar surface area (TPSA) is 59.6 Å². The van der Waals surface area contributed by atoms with Crippen LogP contribution < -0.4 is 20.1 Å². The maximum Gasteiger partial charge on any atom is 0.166 e. The molecule has 2 N–H and O–H groups in total. The second-order valence-corrected chi connectivity index (χ2v) is 8.66. The van der Waals surface area contributed by atoms with Crippen LogP contribution in [0.3, 0.4) is 0 Å². The minimum atomic E-state index is -0.354. The normalized spacial score (nSPS) is 19.5. The zero-order chi connectivity index (χ0) is 22.9. The first-order chi connectivity index (χ1) is 16.1. The van der Waals surface area contributed by atoms with E-state index in [1.54, 1.807) is 14.2 Å². The second kappa shape index (κ2) is 8.66. The van der Waals surface area contributed by atoms with E-state index in [4.69, 9.17) is 9.47 Å². The van der Waals surface area contributed by atoms with E-state index in [1.807, 2.05) is 42.5 Å². The Morgan fingerprint density at radius 3 is 2.33 bits per heavy atom. The van der Waals surface area contributed by atoms with Crippen LogP contribution in [0.15, 0.2) is 78.0 Å². The molecule has 0 radical (unpaired) electrons. The number of nitrogens with one attached hydrogen (secondary N) is 2. The highest BCUT2D eigenvalue weighted by Crippen LogP contribution is 2.47. The van der Waals surface area contributed by atoms with Gasteiger partial charge in [0.1, 0.15) is 0 Å². The highest BCUT2D eigenvalue weighted by atomic mass is 16.5. The molecule has 0 saturated heterocycles. The summed E-state index contributed by atoms with van der Waals surface area (Å²) in [5, 5.41) is 7.21. The lowest BCUT2D eigenvalue weighted by atomic mass is 9.78. The number of benzene rings is 3. The summed E-state index contributed by atoms with van der Waals surface area (Å²) in [5.74, 6) is 1.56. The Balaban J connectivity index is 1.64. The minimum absolute atomic E-state index is 0.141. The van der Waals surface area contributed by atoms with Crippen molar-refractivity contribution in [3.05, 3.63) is 94.7 Å². The summed E-state index contributed by atoms with van der Waals surface area (Å²) >= 11 is 0. The zero-order valence-corrected chi connectivity index (χ0v) is 19.1. The van der Waals surface area contributed by atoms with Gasteiger partial charge in [-0.2, -0.15) is 0 Å². The van der Waals surface area contributed by atoms with Crippen molar-refractivity contribution in [2.75, 3.05) is 24.9 Å². The molecule has 5 heteroatoms. The number of methoxy groups -OCH3 is 2. The molecule has 0 saturated carbocycles. The fourth-order valence-electron chi connectivity index (χ4n) is 4.94. The van der Waals surface area contributed by atoms with Crippen LogP contribution in [0.2, 0.25) is 0 Å². The molecular weight excluding hydrogens is 412 g/mol. The maximum absolute atomic E-state index is 13.7. The van der Waals surface area contributed by atoms with Crippen LogP contribution in [-0.2, 0) is 4.79 Å². The van der Waals surface area contributed by atoms with Gasteiger partial charge in [-0.1, -0.05) is 54.1 Å². The number of carbonyl (C=O) groups is 1. The number of ketones is 1. The van der Waals surface area contributed by atoms with Crippen molar-refractivity contribution in [3.8, 4) is 11.5 Å². The molecule has 0 spiro atoms. The van der Waals surface area contributed by atoms with Crippen molar-refractivity contribution in [1.29, 1.82) is 0 Å². The van der Waals surface area contributed by atoms with E-state index in [9.17, 15) is 4.79 Å². The number of aryl methyl sites for hydroxylation is 1. The van der Waals surface area contributed by atoms with Crippen LogP contribution in [0.1, 0.15) is 41.5 Å². The third kappa shape index (κ3) is 3.84. The van der Waals surface area contributed by atoms with Crippen LogP contribution in [-0.4, -0.2) is 20.0 Å². The van der Waals surface area contributed by atoms with E-state index in [1.165, 1.54) is 11.1 Å². The molecule has 33 heavy (non-hydrogen) atoms. The van der Waals surface area contributed by atoms with Crippen molar-refractivity contribution < 1.29 is 14.3 Å². The number of hydrogen-bond donors (Lipinski definition) is 2. The number of Topliss-reactive ketones (excluding diaryl/α,β-unsaturated/α-hetero) is 1. The number of carbonyl (C=O) groups excluding carboxylic acids is 1. The van der Waals surface area contributed by atoms with Crippen LogP contribution in [0.4, 0.5) is 11.4 Å². The largest absolute Gasteiger partial charge is 0.493 e. The highest BCUT2D eigenvalue weighted by Gasteiger charge is 2.37. The molecule has 0 unspecified atom stereocenters. The van der Waals surface area contributed by atoms with E-state index in [2.05, 4.69) is 41.8 Å². The molecule has 5 rings (SSSR count). The summed E-state index contributed by atoms with van der Waals surface area (Å²) in [5.41, 5.74) is 6.93. The molecule has 0 aromatic heterocycles.